The summed E-state index contributed by atoms with van der Waals surface area (Å²) in [5.41, 5.74) is 0.169. The summed E-state index contributed by atoms with van der Waals surface area (Å²) in [4.78, 5) is 12.8. The molecule has 0 saturated carbocycles. The van der Waals surface area contributed by atoms with Crippen molar-refractivity contribution < 1.29 is 9.31 Å². The average molecular weight is 281 g/mol. The van der Waals surface area contributed by atoms with Gasteiger partial charge in [0.1, 0.15) is 11.5 Å². The van der Waals surface area contributed by atoms with Gasteiger partial charge in [-0.15, -0.1) is 0 Å². The summed E-state index contributed by atoms with van der Waals surface area (Å²) in [6, 6.07) is 3.49. The van der Waals surface area contributed by atoms with Crippen molar-refractivity contribution in [2.45, 2.75) is 19.8 Å². The molecule has 1 aliphatic heterocycles. The Morgan fingerprint density at radius 1 is 1.45 bits per heavy atom. The van der Waals surface area contributed by atoms with Crippen LogP contribution >= 0.6 is 0 Å². The van der Waals surface area contributed by atoms with Gasteiger partial charge in [0.25, 0.3) is 5.69 Å². The van der Waals surface area contributed by atoms with Crippen molar-refractivity contribution in [2.75, 3.05) is 31.5 Å². The van der Waals surface area contributed by atoms with E-state index in [1.54, 1.807) is 0 Å². The molecule has 1 fully saturated rings. The Bertz CT molecular complexity index is 475. The molecular formula is C14H20FN3O2. The van der Waals surface area contributed by atoms with Gasteiger partial charge in [0.05, 0.1) is 4.92 Å². The van der Waals surface area contributed by atoms with Crippen LogP contribution in [0.2, 0.25) is 0 Å². The molecule has 1 aromatic carbocycles. The number of nitrogens with one attached hydrogen (secondary N) is 1. The lowest BCUT2D eigenvalue weighted by molar-refractivity contribution is -0.384. The largest absolute Gasteiger partial charge is 0.379 e. The van der Waals surface area contributed by atoms with Gasteiger partial charge in [0.2, 0.25) is 0 Å². The molecule has 1 heterocycles. The summed E-state index contributed by atoms with van der Waals surface area (Å²) >= 11 is 0. The Kier molecular flexibility index (Phi) is 4.89. The lowest BCUT2D eigenvalue weighted by Gasteiger charge is -2.20. The highest BCUT2D eigenvalue weighted by molar-refractivity contribution is 5.61. The Morgan fingerprint density at radius 2 is 2.15 bits per heavy atom. The van der Waals surface area contributed by atoms with Crippen molar-refractivity contribution in [1.82, 2.24) is 4.90 Å². The van der Waals surface area contributed by atoms with Crippen LogP contribution in [0.3, 0.4) is 0 Å². The molecular weight excluding hydrogens is 261 g/mol. The first-order chi connectivity index (χ1) is 9.56. The Hall–Kier alpha value is -1.69. The summed E-state index contributed by atoms with van der Waals surface area (Å²) in [6.45, 7) is 5.92. The number of nitrogens with zero attached hydrogens (tertiary/aromatic N) is 2. The second kappa shape index (κ2) is 6.65. The number of likely N-dealkylation sites (tertiary alicyclic amines) is 1. The molecule has 20 heavy (non-hydrogen) atoms. The number of nitro groups is 1. The monoisotopic (exact) mass is 281 g/mol. The minimum atomic E-state index is -0.493. The maximum absolute atomic E-state index is 13.2. The summed E-state index contributed by atoms with van der Waals surface area (Å²) < 4.78 is 13.2. The Balaban J connectivity index is 1.92. The Morgan fingerprint density at radius 3 is 2.80 bits per heavy atom. The van der Waals surface area contributed by atoms with Crippen LogP contribution in [0.25, 0.3) is 0 Å². The molecule has 0 aromatic heterocycles. The maximum Gasteiger partial charge on any atom is 0.292 e. The third-order valence-corrected chi connectivity index (χ3v) is 3.56. The predicted octanol–water partition coefficient (Wildman–Crippen LogP) is 2.88. The fourth-order valence-corrected chi connectivity index (χ4v) is 2.56. The van der Waals surface area contributed by atoms with Crippen LogP contribution in [-0.2, 0) is 0 Å². The number of anilines is 1. The molecule has 6 heteroatoms. The topological polar surface area (TPSA) is 58.4 Å². The van der Waals surface area contributed by atoms with Crippen LogP contribution < -0.4 is 5.32 Å². The number of hydrogen-bond acceptors (Lipinski definition) is 4. The van der Waals surface area contributed by atoms with Crippen molar-refractivity contribution in [3.05, 3.63) is 34.1 Å². The first kappa shape index (κ1) is 14.7. The molecule has 1 aliphatic rings. The first-order valence-electron chi connectivity index (χ1n) is 6.96. The lowest BCUT2D eigenvalue weighted by Crippen LogP contribution is -2.29. The minimum Gasteiger partial charge on any atom is -0.379 e. The second-order valence-corrected chi connectivity index (χ2v) is 5.41. The zero-order valence-corrected chi connectivity index (χ0v) is 11.6. The zero-order chi connectivity index (χ0) is 14.5. The fraction of sp³-hybridized carbons (Fsp3) is 0.571. The number of nitro benzene ring substituents is 1. The van der Waals surface area contributed by atoms with E-state index in [2.05, 4.69) is 17.1 Å². The van der Waals surface area contributed by atoms with Gasteiger partial charge in [0, 0.05) is 25.2 Å². The molecule has 110 valence electrons. The van der Waals surface area contributed by atoms with E-state index in [0.29, 0.717) is 12.5 Å². The minimum absolute atomic E-state index is 0.0835. The number of halogens is 1. The van der Waals surface area contributed by atoms with E-state index in [9.17, 15) is 14.5 Å². The van der Waals surface area contributed by atoms with E-state index in [4.69, 9.17) is 0 Å². The van der Waals surface area contributed by atoms with E-state index in [1.165, 1.54) is 25.0 Å². The maximum atomic E-state index is 13.2. The van der Waals surface area contributed by atoms with Crippen LogP contribution in [0.4, 0.5) is 15.8 Å². The van der Waals surface area contributed by atoms with Crippen molar-refractivity contribution in [2.24, 2.45) is 5.92 Å². The second-order valence-electron chi connectivity index (χ2n) is 5.41. The van der Waals surface area contributed by atoms with Crippen LogP contribution in [0.15, 0.2) is 18.2 Å². The standard InChI is InChI=1S/C14H20FN3O2/c1-11(10-17-6-2-3-7-17)9-16-13-8-12(15)4-5-14(13)18(19)20/h4-5,8,11,16H,2-3,6-7,9-10H2,1H3. The van der Waals surface area contributed by atoms with E-state index >= 15 is 0 Å². The van der Waals surface area contributed by atoms with Crippen molar-refractivity contribution in [3.8, 4) is 0 Å². The summed E-state index contributed by atoms with van der Waals surface area (Å²) in [5.74, 6) is -0.110. The van der Waals surface area contributed by atoms with E-state index in [-0.39, 0.29) is 11.4 Å². The fourth-order valence-electron chi connectivity index (χ4n) is 2.56. The molecule has 1 atom stereocenters. The smallest absolute Gasteiger partial charge is 0.292 e. The molecule has 0 aliphatic carbocycles. The van der Waals surface area contributed by atoms with E-state index in [0.717, 1.165) is 25.7 Å². The van der Waals surface area contributed by atoms with Crippen molar-refractivity contribution in [3.63, 3.8) is 0 Å². The third-order valence-electron chi connectivity index (χ3n) is 3.56. The number of rotatable bonds is 6. The molecule has 1 unspecified atom stereocenters. The molecule has 0 amide bonds. The molecule has 1 saturated heterocycles. The van der Waals surface area contributed by atoms with Gasteiger partial charge in [-0.25, -0.2) is 4.39 Å². The first-order valence-corrected chi connectivity index (χ1v) is 6.96. The van der Waals surface area contributed by atoms with Crippen molar-refractivity contribution in [1.29, 1.82) is 0 Å². The SMILES string of the molecule is CC(CNc1cc(F)ccc1[N+](=O)[O-])CN1CCCC1. The molecule has 0 spiro atoms. The van der Waals surface area contributed by atoms with Gasteiger partial charge in [-0.3, -0.25) is 10.1 Å². The molecule has 5 nitrogen and oxygen atoms in total. The van der Waals surface area contributed by atoms with Crippen LogP contribution in [0.1, 0.15) is 19.8 Å². The van der Waals surface area contributed by atoms with Gasteiger partial charge in [0.15, 0.2) is 0 Å². The summed E-state index contributed by atoms with van der Waals surface area (Å²) in [5, 5.41) is 13.9. The van der Waals surface area contributed by atoms with Crippen molar-refractivity contribution >= 4 is 11.4 Å². The summed E-state index contributed by atoms with van der Waals surface area (Å²) in [7, 11) is 0. The normalized spacial score (nSPS) is 17.1. The van der Waals surface area contributed by atoms with Gasteiger partial charge in [-0.1, -0.05) is 6.92 Å². The van der Waals surface area contributed by atoms with Gasteiger partial charge < -0.3 is 10.2 Å². The van der Waals surface area contributed by atoms with Crippen LogP contribution in [-0.4, -0.2) is 36.0 Å². The predicted molar refractivity (Wildman–Crippen MR) is 76.4 cm³/mol. The lowest BCUT2D eigenvalue weighted by atomic mass is 10.1. The van der Waals surface area contributed by atoms with Gasteiger partial charge in [-0.05, 0) is 37.9 Å². The molecule has 0 bridgehead atoms. The third kappa shape index (κ3) is 3.90. The highest BCUT2D eigenvalue weighted by atomic mass is 19.1. The quantitative estimate of drug-likeness (QED) is 0.643. The molecule has 0 radical (unpaired) electrons. The molecule has 2 rings (SSSR count). The van der Waals surface area contributed by atoms with E-state index in [1.807, 2.05) is 0 Å². The Labute approximate surface area is 117 Å². The average Bonchev–Trinajstić information content (AvgIpc) is 2.89. The summed E-state index contributed by atoms with van der Waals surface area (Å²) in [6.07, 6.45) is 2.49. The molecule has 1 aromatic rings. The van der Waals surface area contributed by atoms with Crippen LogP contribution in [0.5, 0.6) is 0 Å². The van der Waals surface area contributed by atoms with Gasteiger partial charge in [-0.2, -0.15) is 0 Å². The van der Waals surface area contributed by atoms with Gasteiger partial charge >= 0.3 is 0 Å². The zero-order valence-electron chi connectivity index (χ0n) is 11.6. The van der Waals surface area contributed by atoms with Crippen LogP contribution in [0, 0.1) is 21.8 Å². The highest BCUT2D eigenvalue weighted by Gasteiger charge is 2.17. The highest BCUT2D eigenvalue weighted by Crippen LogP contribution is 2.25. The molecule has 1 N–H and O–H groups in total. The number of hydrogen-bond donors (Lipinski definition) is 1. The van der Waals surface area contributed by atoms with E-state index < -0.39 is 10.7 Å². The number of benzene rings is 1.